The summed E-state index contributed by atoms with van der Waals surface area (Å²) in [5, 5.41) is 10.5. The number of fused-ring (bicyclic) bond motifs is 4. The first-order valence-electron chi connectivity index (χ1n) is 15.4. The summed E-state index contributed by atoms with van der Waals surface area (Å²) in [7, 11) is 1.53. The predicted octanol–water partition coefficient (Wildman–Crippen LogP) is 3.14. The van der Waals surface area contributed by atoms with Gasteiger partial charge in [-0.1, -0.05) is 36.4 Å². The molecule has 2 bridgehead atoms. The molecule has 0 fully saturated rings. The number of ether oxygens (including phenoxy) is 4. The largest absolute Gasteiger partial charge is 0.493 e. The van der Waals surface area contributed by atoms with E-state index in [0.717, 1.165) is 11.1 Å². The lowest BCUT2D eigenvalue weighted by atomic mass is 10.1. The van der Waals surface area contributed by atoms with Gasteiger partial charge in [-0.3, -0.25) is 14.4 Å². The highest BCUT2D eigenvalue weighted by Crippen LogP contribution is 2.33. The number of hydrogen-bond acceptors (Lipinski definition) is 9. The molecule has 3 aromatic carbocycles. The molecule has 13 heteroatoms. The number of nitrogens with zero attached hydrogens (tertiary/aromatic N) is 4. The maximum atomic E-state index is 13.5. The minimum absolute atomic E-state index is 0.126. The first-order chi connectivity index (χ1) is 22.9. The summed E-state index contributed by atoms with van der Waals surface area (Å²) in [6, 6.07) is 19.5. The average molecular weight is 641 g/mol. The second-order valence-electron chi connectivity index (χ2n) is 11.1. The number of hydrogen-bond donors (Lipinski definition) is 2. The molecule has 1 aromatic heterocycles. The minimum atomic E-state index is -0.536. The summed E-state index contributed by atoms with van der Waals surface area (Å²) in [5.41, 5.74) is 2.10. The number of benzene rings is 3. The first kappa shape index (κ1) is 31.4. The third-order valence-corrected chi connectivity index (χ3v) is 7.90. The van der Waals surface area contributed by atoms with Crippen LogP contribution in [-0.4, -0.2) is 77.5 Å². The molecule has 0 saturated carbocycles. The van der Waals surface area contributed by atoms with Gasteiger partial charge in [-0.05, 0) is 49.2 Å². The molecule has 0 unspecified atom stereocenters. The monoisotopic (exact) mass is 640 g/mol. The summed E-state index contributed by atoms with van der Waals surface area (Å²) in [4.78, 5) is 46.2. The molecule has 2 aliphatic rings. The van der Waals surface area contributed by atoms with Crippen LogP contribution in [0.15, 0.2) is 66.7 Å². The Bertz CT molecular complexity index is 1760. The Morgan fingerprint density at radius 3 is 2.62 bits per heavy atom. The number of rotatable bonds is 5. The van der Waals surface area contributed by atoms with Crippen LogP contribution in [-0.2, 0) is 22.6 Å². The van der Waals surface area contributed by atoms with E-state index in [9.17, 15) is 14.4 Å². The normalized spacial score (nSPS) is 16.7. The lowest BCUT2D eigenvalue weighted by molar-refractivity contribution is -0.136. The zero-order valence-corrected chi connectivity index (χ0v) is 26.2. The molecule has 13 nitrogen and oxygen atoms in total. The van der Waals surface area contributed by atoms with Gasteiger partial charge in [0.1, 0.15) is 12.4 Å². The molecule has 2 N–H and O–H groups in total. The lowest BCUT2D eigenvalue weighted by Gasteiger charge is -2.24. The van der Waals surface area contributed by atoms with Gasteiger partial charge in [0.25, 0.3) is 5.91 Å². The molecule has 0 aliphatic carbocycles. The fraction of sp³-hybridized carbons (Fsp3) is 0.324. The Labute approximate surface area is 271 Å². The molecule has 3 amide bonds. The van der Waals surface area contributed by atoms with Crippen LogP contribution in [0.4, 0.5) is 0 Å². The van der Waals surface area contributed by atoms with E-state index in [1.54, 1.807) is 22.9 Å². The average Bonchev–Trinajstić information content (AvgIpc) is 3.74. The van der Waals surface area contributed by atoms with Crippen molar-refractivity contribution in [3.8, 4) is 34.4 Å². The Balaban J connectivity index is 1.25. The molecule has 0 radical (unpaired) electrons. The topological polar surface area (TPSA) is 146 Å². The highest BCUT2D eigenvalue weighted by Gasteiger charge is 2.24. The highest BCUT2D eigenvalue weighted by molar-refractivity contribution is 5.95. The van der Waals surface area contributed by atoms with E-state index in [2.05, 4.69) is 10.6 Å². The van der Waals surface area contributed by atoms with E-state index in [4.69, 9.17) is 29.0 Å². The van der Waals surface area contributed by atoms with E-state index in [1.807, 2.05) is 55.5 Å². The van der Waals surface area contributed by atoms with Gasteiger partial charge in [-0.2, -0.15) is 5.10 Å². The molecule has 2 aliphatic heterocycles. The van der Waals surface area contributed by atoms with Crippen molar-refractivity contribution in [3.63, 3.8) is 0 Å². The van der Waals surface area contributed by atoms with Gasteiger partial charge < -0.3 is 34.5 Å². The van der Waals surface area contributed by atoms with Crippen molar-refractivity contribution < 1.29 is 33.3 Å². The fourth-order valence-electron chi connectivity index (χ4n) is 5.45. The van der Waals surface area contributed by atoms with Crippen LogP contribution >= 0.6 is 0 Å². The Morgan fingerprint density at radius 1 is 0.957 bits per heavy atom. The van der Waals surface area contributed by atoms with Gasteiger partial charge in [-0.25, -0.2) is 9.67 Å². The van der Waals surface area contributed by atoms with Crippen molar-refractivity contribution in [1.29, 1.82) is 0 Å². The molecule has 47 heavy (non-hydrogen) atoms. The maximum absolute atomic E-state index is 13.5. The first-order valence-corrected chi connectivity index (χ1v) is 15.4. The smallest absolute Gasteiger partial charge is 0.251 e. The van der Waals surface area contributed by atoms with Crippen LogP contribution in [0.5, 0.6) is 23.0 Å². The Kier molecular flexibility index (Phi) is 9.51. The van der Waals surface area contributed by atoms with Crippen molar-refractivity contribution in [2.45, 2.75) is 32.4 Å². The fourth-order valence-corrected chi connectivity index (χ4v) is 5.45. The minimum Gasteiger partial charge on any atom is -0.493 e. The van der Waals surface area contributed by atoms with Crippen LogP contribution in [0, 0.1) is 0 Å². The summed E-state index contributed by atoms with van der Waals surface area (Å²) in [6.45, 7) is 2.55. The zero-order chi connectivity index (χ0) is 32.8. The van der Waals surface area contributed by atoms with Crippen LogP contribution in [0.25, 0.3) is 11.4 Å². The molecule has 0 saturated heterocycles. The standard InChI is InChI=1S/C34H36N6O7/c1-22-33-37-32(24-6-4-3-5-7-24)38-40(33)16-17-45-29-19-25(10-12-26(29)44-2)34(43)35-14-15-39(20-30(41)36-22)31(42)13-9-23-8-11-27-28(18-23)47-21-46-27/h3-8,10-12,18-19,22H,9,13-17,20-21H2,1-2H3,(H,35,43)(H,36,41)/t22-/m1/s1. The predicted molar refractivity (Wildman–Crippen MR) is 170 cm³/mol. The second-order valence-corrected chi connectivity index (χ2v) is 11.1. The van der Waals surface area contributed by atoms with Gasteiger partial charge in [0.05, 0.1) is 26.2 Å². The van der Waals surface area contributed by atoms with Gasteiger partial charge in [-0.15, -0.1) is 0 Å². The van der Waals surface area contributed by atoms with Crippen molar-refractivity contribution in [2.75, 3.05) is 40.1 Å². The number of carbonyl (C=O) groups excluding carboxylic acids is 3. The quantitative estimate of drug-likeness (QED) is 0.336. The summed E-state index contributed by atoms with van der Waals surface area (Å²) in [6.07, 6.45) is 0.598. The second kappa shape index (κ2) is 14.2. The highest BCUT2D eigenvalue weighted by atomic mass is 16.7. The van der Waals surface area contributed by atoms with Crippen LogP contribution in [0.2, 0.25) is 0 Å². The molecule has 3 heterocycles. The van der Waals surface area contributed by atoms with E-state index in [-0.39, 0.29) is 57.2 Å². The van der Waals surface area contributed by atoms with Gasteiger partial charge in [0, 0.05) is 30.6 Å². The molecule has 0 spiro atoms. The maximum Gasteiger partial charge on any atom is 0.251 e. The number of nitrogens with one attached hydrogen (secondary N) is 2. The van der Waals surface area contributed by atoms with Crippen LogP contribution in [0.3, 0.4) is 0 Å². The third kappa shape index (κ3) is 7.46. The zero-order valence-electron chi connectivity index (χ0n) is 26.2. The molecular formula is C34H36N6O7. The van der Waals surface area contributed by atoms with Crippen molar-refractivity contribution in [3.05, 3.63) is 83.7 Å². The van der Waals surface area contributed by atoms with Gasteiger partial charge in [0.15, 0.2) is 28.8 Å². The lowest BCUT2D eigenvalue weighted by Crippen LogP contribution is -2.45. The van der Waals surface area contributed by atoms with E-state index in [1.165, 1.54) is 12.0 Å². The Morgan fingerprint density at radius 2 is 1.79 bits per heavy atom. The van der Waals surface area contributed by atoms with Crippen molar-refractivity contribution in [1.82, 2.24) is 30.3 Å². The van der Waals surface area contributed by atoms with Gasteiger partial charge in [0.2, 0.25) is 18.6 Å². The van der Waals surface area contributed by atoms with E-state index < -0.39 is 6.04 Å². The SMILES string of the molecule is COc1ccc2cc1OCCn1nc(-c3ccccc3)nc1[C@@H](C)NC(=O)CN(C(=O)CCc1ccc3c(c1)OCO3)CCNC2=O. The summed E-state index contributed by atoms with van der Waals surface area (Å²) >= 11 is 0. The Hall–Kier alpha value is -5.59. The number of amides is 3. The van der Waals surface area contributed by atoms with Crippen molar-refractivity contribution >= 4 is 17.7 Å². The number of aryl methyl sites for hydroxylation is 1. The molecule has 244 valence electrons. The third-order valence-electron chi connectivity index (χ3n) is 7.90. The van der Waals surface area contributed by atoms with Crippen molar-refractivity contribution in [2.24, 2.45) is 0 Å². The summed E-state index contributed by atoms with van der Waals surface area (Å²) < 4.78 is 24.1. The van der Waals surface area contributed by atoms with E-state index in [0.29, 0.717) is 53.2 Å². The van der Waals surface area contributed by atoms with E-state index >= 15 is 0 Å². The molecule has 4 aromatic rings. The molecule has 6 rings (SSSR count). The van der Waals surface area contributed by atoms with Crippen LogP contribution in [0.1, 0.15) is 41.1 Å². The summed E-state index contributed by atoms with van der Waals surface area (Å²) in [5.74, 6) is 2.28. The van der Waals surface area contributed by atoms with Crippen LogP contribution < -0.4 is 29.6 Å². The number of aromatic nitrogens is 3. The molecule has 1 atom stereocenters. The van der Waals surface area contributed by atoms with Gasteiger partial charge >= 0.3 is 0 Å². The number of methoxy groups -OCH3 is 1. The number of carbonyl (C=O) groups is 3. The molecular weight excluding hydrogens is 604 g/mol.